The summed E-state index contributed by atoms with van der Waals surface area (Å²) >= 11 is 0. The van der Waals surface area contributed by atoms with Crippen molar-refractivity contribution in [1.29, 1.82) is 0 Å². The van der Waals surface area contributed by atoms with Crippen LogP contribution in [0.25, 0.3) is 0 Å². The summed E-state index contributed by atoms with van der Waals surface area (Å²) in [6, 6.07) is 0. The molecule has 1 heterocycles. The topological polar surface area (TPSA) is 203 Å². The molecular formula is C50H76O16. The summed E-state index contributed by atoms with van der Waals surface area (Å²) < 4.78 is 54.8. The molecule has 0 aromatic carbocycles. The lowest BCUT2D eigenvalue weighted by Crippen LogP contribution is -2.69. The predicted molar refractivity (Wildman–Crippen MR) is 234 cm³/mol. The van der Waals surface area contributed by atoms with E-state index in [2.05, 4.69) is 34.6 Å². The fourth-order valence-corrected chi connectivity index (χ4v) is 15.3. The molecule has 66 heavy (non-hydrogen) atoms. The number of hydrogen-bond acceptors (Lipinski definition) is 16. The normalized spacial score (nSPS) is 39.7. The van der Waals surface area contributed by atoms with Crippen LogP contribution >= 0.6 is 0 Å². The van der Waals surface area contributed by atoms with Crippen molar-refractivity contribution in [3.05, 3.63) is 0 Å². The summed E-state index contributed by atoms with van der Waals surface area (Å²) in [7, 11) is 0. The third kappa shape index (κ3) is 9.23. The van der Waals surface area contributed by atoms with E-state index in [1.54, 1.807) is 0 Å². The van der Waals surface area contributed by atoms with Gasteiger partial charge in [-0.2, -0.15) is 0 Å². The third-order valence-electron chi connectivity index (χ3n) is 17.5. The van der Waals surface area contributed by atoms with Crippen LogP contribution in [0.4, 0.5) is 0 Å². The Morgan fingerprint density at radius 3 is 1.77 bits per heavy atom. The molecule has 1 aliphatic heterocycles. The number of carbonyl (C=O) groups excluding carboxylic acids is 7. The molecule has 16 heteroatoms. The molecule has 3 unspecified atom stereocenters. The molecule has 6 rings (SSSR count). The molecule has 5 aliphatic carbocycles. The highest BCUT2D eigenvalue weighted by Gasteiger charge is 2.86. The lowest BCUT2D eigenvalue weighted by atomic mass is 9.37. The first kappa shape index (κ1) is 51.6. The van der Waals surface area contributed by atoms with E-state index in [9.17, 15) is 33.6 Å². The molecule has 1 saturated heterocycles. The second-order valence-corrected chi connectivity index (χ2v) is 22.1. The summed E-state index contributed by atoms with van der Waals surface area (Å²) in [5, 5.41) is 0. The Morgan fingerprint density at radius 2 is 1.21 bits per heavy atom. The van der Waals surface area contributed by atoms with Crippen molar-refractivity contribution >= 4 is 41.8 Å². The van der Waals surface area contributed by atoms with E-state index in [1.165, 1.54) is 48.5 Å². The van der Waals surface area contributed by atoms with Gasteiger partial charge in [-0.25, -0.2) is 0 Å². The van der Waals surface area contributed by atoms with Crippen LogP contribution in [0.2, 0.25) is 0 Å². The molecule has 0 radical (unpaired) electrons. The third-order valence-corrected chi connectivity index (χ3v) is 17.5. The zero-order valence-corrected chi connectivity index (χ0v) is 41.7. The van der Waals surface area contributed by atoms with Crippen molar-refractivity contribution in [3.63, 3.8) is 0 Å². The predicted octanol–water partition coefficient (Wildman–Crippen LogP) is 6.98. The van der Waals surface area contributed by atoms with Crippen molar-refractivity contribution in [3.8, 4) is 0 Å². The van der Waals surface area contributed by atoms with E-state index < -0.39 is 95.7 Å². The number of esters is 7. The maximum absolute atomic E-state index is 13.0. The van der Waals surface area contributed by atoms with E-state index in [4.69, 9.17) is 42.6 Å². The Balaban J connectivity index is 1.44. The zero-order valence-electron chi connectivity index (χ0n) is 41.7. The molecule has 6 aliphatic rings. The molecule has 5 saturated carbocycles. The van der Waals surface area contributed by atoms with Crippen LogP contribution in [-0.4, -0.2) is 104 Å². The number of hydrogen-bond donors (Lipinski definition) is 0. The van der Waals surface area contributed by atoms with Crippen molar-refractivity contribution in [2.24, 2.45) is 56.7 Å². The van der Waals surface area contributed by atoms with Crippen LogP contribution in [0.15, 0.2) is 0 Å². The minimum atomic E-state index is -1.39. The summed E-state index contributed by atoms with van der Waals surface area (Å²) in [5.74, 6) is -3.59. The quantitative estimate of drug-likeness (QED) is 0.0923. The largest absolute Gasteiger partial charge is 0.463 e. The Morgan fingerprint density at radius 1 is 0.621 bits per heavy atom. The van der Waals surface area contributed by atoms with E-state index in [-0.39, 0.29) is 64.5 Å². The average molecular weight is 933 g/mol. The van der Waals surface area contributed by atoms with Crippen LogP contribution in [0.5, 0.6) is 0 Å². The molecule has 16 nitrogen and oxygen atoms in total. The molecular weight excluding hydrogens is 857 g/mol. The molecule has 0 N–H and O–H groups in total. The zero-order chi connectivity index (χ0) is 49.1. The van der Waals surface area contributed by atoms with Crippen molar-refractivity contribution < 1.29 is 76.2 Å². The fraction of sp³-hybridized carbons (Fsp3) is 0.860. The first-order valence-corrected chi connectivity index (χ1v) is 24.1. The second-order valence-electron chi connectivity index (χ2n) is 22.1. The van der Waals surface area contributed by atoms with Gasteiger partial charge in [0.1, 0.15) is 31.0 Å². The lowest BCUT2D eigenvalue weighted by Gasteiger charge is -2.69. The SMILES string of the molecule is CC(=O)OC[C@H]1O[C@@H](O[C@@H]2C[C@H]3C(C)(C)[C@H](OC(C)=O)CC[C@]3(C)[C@H]3CC[C@]45C[C@]4(CC[C@H]5C(C)CC(OC(C)=O)C(OC(C)=O)C(C)C)[C@@]32C)[C@H](OC(C)=O)[C@@H](OC(C)=O)[C@@H]1OC(C)=O. The average Bonchev–Trinajstić information content (AvgIpc) is 3.75. The summed E-state index contributed by atoms with van der Waals surface area (Å²) in [6.45, 7) is 23.9. The van der Waals surface area contributed by atoms with Gasteiger partial charge in [-0.15, -0.1) is 0 Å². The molecule has 0 aromatic heterocycles. The van der Waals surface area contributed by atoms with Crippen molar-refractivity contribution in [2.75, 3.05) is 6.61 Å². The lowest BCUT2D eigenvalue weighted by molar-refractivity contribution is -0.346. The Kier molecular flexibility index (Phi) is 14.8. The first-order chi connectivity index (χ1) is 30.6. The number of rotatable bonds is 15. The molecule has 17 atom stereocenters. The van der Waals surface area contributed by atoms with Crippen molar-refractivity contribution in [1.82, 2.24) is 0 Å². The van der Waals surface area contributed by atoms with Gasteiger partial charge in [0.15, 0.2) is 24.6 Å². The number of carbonyl (C=O) groups is 7. The Labute approximate surface area is 390 Å². The van der Waals surface area contributed by atoms with E-state index >= 15 is 0 Å². The van der Waals surface area contributed by atoms with Gasteiger partial charge in [0.05, 0.1) is 6.10 Å². The van der Waals surface area contributed by atoms with Crippen molar-refractivity contribution in [2.45, 2.75) is 210 Å². The number of ether oxygens (including phenoxy) is 9. The van der Waals surface area contributed by atoms with Crippen LogP contribution in [0, 0.1) is 56.7 Å². The van der Waals surface area contributed by atoms with Crippen LogP contribution in [0.3, 0.4) is 0 Å². The van der Waals surface area contributed by atoms with Gasteiger partial charge in [0.2, 0.25) is 0 Å². The van der Waals surface area contributed by atoms with Crippen LogP contribution in [0.1, 0.15) is 155 Å². The Hall–Kier alpha value is -3.79. The smallest absolute Gasteiger partial charge is 0.303 e. The van der Waals surface area contributed by atoms with E-state index in [0.717, 1.165) is 38.5 Å². The molecule has 0 amide bonds. The highest BCUT2D eigenvalue weighted by Crippen LogP contribution is 2.91. The highest BCUT2D eigenvalue weighted by molar-refractivity contribution is 5.69. The summed E-state index contributed by atoms with van der Waals surface area (Å²) in [6.07, 6.45) is -1.47. The van der Waals surface area contributed by atoms with Gasteiger partial charge in [0.25, 0.3) is 0 Å². The molecule has 6 fully saturated rings. The van der Waals surface area contributed by atoms with Gasteiger partial charge in [-0.05, 0) is 104 Å². The Bertz CT molecular complexity index is 1900. The van der Waals surface area contributed by atoms with Gasteiger partial charge in [0, 0.05) is 59.3 Å². The molecule has 372 valence electrons. The highest BCUT2D eigenvalue weighted by atomic mass is 16.7. The minimum absolute atomic E-state index is 0.00523. The summed E-state index contributed by atoms with van der Waals surface area (Å²) in [4.78, 5) is 87.9. The van der Waals surface area contributed by atoms with Crippen LogP contribution < -0.4 is 0 Å². The minimum Gasteiger partial charge on any atom is -0.463 e. The summed E-state index contributed by atoms with van der Waals surface area (Å²) in [5.41, 5.74) is -1.45. The fourth-order valence-electron chi connectivity index (χ4n) is 15.3. The second kappa shape index (κ2) is 19.0. The standard InChI is InChI=1S/C50H76O16/c1-25(2)41(61-30(7)54)35(59-28(5)52)21-26(3)34-15-20-50-24-49(34,50)19-16-37-47(13)18-17-39(60-29(6)53)46(11,12)38(47)22-40(48(37,50)14)66-45-44(64-33(10)57)43(63-32(9)56)42(62-31(8)55)36(65-45)23-58-27(4)51/h25-26,34-45H,15-24H2,1-14H3/t26?,34-,35?,36+,37+,38-,39+,40+,41?,42+,43-,44+,45-,47+,48-,49+,50+/m0/s1. The van der Waals surface area contributed by atoms with E-state index in [1.807, 2.05) is 13.8 Å². The van der Waals surface area contributed by atoms with Gasteiger partial charge < -0.3 is 42.6 Å². The maximum Gasteiger partial charge on any atom is 0.303 e. The van der Waals surface area contributed by atoms with Gasteiger partial charge in [-0.1, -0.05) is 48.5 Å². The van der Waals surface area contributed by atoms with Gasteiger partial charge >= 0.3 is 41.8 Å². The maximum atomic E-state index is 13.0. The van der Waals surface area contributed by atoms with Crippen LogP contribution in [-0.2, 0) is 76.2 Å². The van der Waals surface area contributed by atoms with Gasteiger partial charge in [-0.3, -0.25) is 33.6 Å². The number of fused-ring (bicyclic) bond motifs is 3. The first-order valence-electron chi connectivity index (χ1n) is 24.1. The monoisotopic (exact) mass is 933 g/mol. The molecule has 0 aromatic rings. The molecule has 0 bridgehead atoms. The molecule has 0 spiro atoms. The van der Waals surface area contributed by atoms with E-state index in [0.29, 0.717) is 19.3 Å².